The maximum absolute atomic E-state index is 3.74. The van der Waals surface area contributed by atoms with Gasteiger partial charge in [0, 0.05) is 19.1 Å². The van der Waals surface area contributed by atoms with Crippen LogP contribution in [0.1, 0.15) is 47.0 Å². The second kappa shape index (κ2) is 7.29. The predicted octanol–water partition coefficient (Wildman–Crippen LogP) is 2.74. The van der Waals surface area contributed by atoms with E-state index >= 15 is 0 Å². The highest BCUT2D eigenvalue weighted by atomic mass is 15.2. The van der Waals surface area contributed by atoms with Crippen molar-refractivity contribution in [1.82, 2.24) is 10.2 Å². The van der Waals surface area contributed by atoms with Crippen LogP contribution >= 0.6 is 0 Å². The van der Waals surface area contributed by atoms with Gasteiger partial charge in [-0.1, -0.05) is 34.1 Å². The first kappa shape index (κ1) is 14.0. The van der Waals surface area contributed by atoms with Crippen LogP contribution in [-0.2, 0) is 0 Å². The quantitative estimate of drug-likeness (QED) is 0.749. The van der Waals surface area contributed by atoms with Crippen molar-refractivity contribution in [3.8, 4) is 0 Å². The summed E-state index contributed by atoms with van der Waals surface area (Å²) in [7, 11) is 0. The van der Waals surface area contributed by atoms with E-state index in [4.69, 9.17) is 0 Å². The van der Waals surface area contributed by atoms with Crippen LogP contribution in [0.4, 0.5) is 0 Å². The zero-order valence-electron chi connectivity index (χ0n) is 11.6. The number of piperidine rings is 1. The molecule has 1 rings (SSSR count). The Bertz CT molecular complexity index is 168. The van der Waals surface area contributed by atoms with Gasteiger partial charge < -0.3 is 10.2 Å². The normalized spacial score (nSPS) is 27.6. The predicted molar refractivity (Wildman–Crippen MR) is 71.8 cm³/mol. The Balaban J connectivity index is 2.28. The number of rotatable bonds is 6. The molecule has 0 aromatic heterocycles. The molecule has 1 heterocycles. The van der Waals surface area contributed by atoms with E-state index in [9.17, 15) is 0 Å². The molecular formula is C14H30N2. The zero-order chi connectivity index (χ0) is 12.0. The van der Waals surface area contributed by atoms with Crippen LogP contribution in [0.5, 0.6) is 0 Å². The van der Waals surface area contributed by atoms with Gasteiger partial charge in [-0.05, 0) is 37.8 Å². The molecule has 2 heteroatoms. The van der Waals surface area contributed by atoms with Crippen LogP contribution in [0.2, 0.25) is 0 Å². The third-order valence-corrected chi connectivity index (χ3v) is 3.79. The minimum absolute atomic E-state index is 0.734. The SMILES string of the molecule is CCC1CC(NCCC(C)C)CN(CC)C1. The lowest BCUT2D eigenvalue weighted by Crippen LogP contribution is -2.49. The summed E-state index contributed by atoms with van der Waals surface area (Å²) in [5.74, 6) is 1.73. The summed E-state index contributed by atoms with van der Waals surface area (Å²) in [4.78, 5) is 2.60. The molecular weight excluding hydrogens is 196 g/mol. The van der Waals surface area contributed by atoms with Gasteiger partial charge in [0.1, 0.15) is 0 Å². The minimum atomic E-state index is 0.734. The average Bonchev–Trinajstić information content (AvgIpc) is 2.28. The Labute approximate surface area is 102 Å². The molecule has 0 aromatic rings. The van der Waals surface area contributed by atoms with E-state index in [1.54, 1.807) is 0 Å². The second-order valence-electron chi connectivity index (χ2n) is 5.70. The lowest BCUT2D eigenvalue weighted by atomic mass is 9.92. The van der Waals surface area contributed by atoms with Gasteiger partial charge in [-0.3, -0.25) is 0 Å². The van der Waals surface area contributed by atoms with Crippen LogP contribution < -0.4 is 5.32 Å². The molecule has 0 radical (unpaired) electrons. The Morgan fingerprint density at radius 3 is 2.56 bits per heavy atom. The summed E-state index contributed by atoms with van der Waals surface area (Å²) < 4.78 is 0. The van der Waals surface area contributed by atoms with Crippen LogP contribution in [0, 0.1) is 11.8 Å². The molecule has 2 nitrogen and oxygen atoms in total. The Morgan fingerprint density at radius 2 is 2.00 bits per heavy atom. The van der Waals surface area contributed by atoms with Gasteiger partial charge in [-0.2, -0.15) is 0 Å². The summed E-state index contributed by atoms with van der Waals surface area (Å²) in [6, 6.07) is 0.734. The molecule has 0 aromatic carbocycles. The highest BCUT2D eigenvalue weighted by Gasteiger charge is 2.24. The summed E-state index contributed by atoms with van der Waals surface area (Å²) in [5.41, 5.74) is 0. The molecule has 96 valence electrons. The standard InChI is InChI=1S/C14H30N2/c1-5-13-9-14(11-16(6-2)10-13)15-8-7-12(3)4/h12-15H,5-11H2,1-4H3. The fourth-order valence-corrected chi connectivity index (χ4v) is 2.58. The highest BCUT2D eigenvalue weighted by molar-refractivity contribution is 4.82. The van der Waals surface area contributed by atoms with E-state index in [1.807, 2.05) is 0 Å². The van der Waals surface area contributed by atoms with Crippen molar-refractivity contribution in [2.75, 3.05) is 26.2 Å². The zero-order valence-corrected chi connectivity index (χ0v) is 11.6. The van der Waals surface area contributed by atoms with Crippen molar-refractivity contribution < 1.29 is 0 Å². The molecule has 2 unspecified atom stereocenters. The number of likely N-dealkylation sites (N-methyl/N-ethyl adjacent to an activating group) is 1. The molecule has 0 bridgehead atoms. The van der Waals surface area contributed by atoms with Gasteiger partial charge >= 0.3 is 0 Å². The molecule has 0 amide bonds. The summed E-state index contributed by atoms with van der Waals surface area (Å²) in [6.07, 6.45) is 4.02. The van der Waals surface area contributed by atoms with Crippen LogP contribution in [0.3, 0.4) is 0 Å². The largest absolute Gasteiger partial charge is 0.313 e. The lowest BCUT2D eigenvalue weighted by Gasteiger charge is -2.37. The maximum Gasteiger partial charge on any atom is 0.0198 e. The van der Waals surface area contributed by atoms with Gasteiger partial charge in [0.15, 0.2) is 0 Å². The van der Waals surface area contributed by atoms with Crippen molar-refractivity contribution in [2.45, 2.75) is 53.0 Å². The summed E-state index contributed by atoms with van der Waals surface area (Å²) in [5, 5.41) is 3.74. The highest BCUT2D eigenvalue weighted by Crippen LogP contribution is 2.19. The van der Waals surface area contributed by atoms with E-state index in [0.29, 0.717) is 0 Å². The Kier molecular flexibility index (Phi) is 6.37. The summed E-state index contributed by atoms with van der Waals surface area (Å²) >= 11 is 0. The van der Waals surface area contributed by atoms with E-state index in [1.165, 1.54) is 45.4 Å². The first-order chi connectivity index (χ1) is 7.65. The number of likely N-dealkylation sites (tertiary alicyclic amines) is 1. The second-order valence-corrected chi connectivity index (χ2v) is 5.70. The fourth-order valence-electron chi connectivity index (χ4n) is 2.58. The maximum atomic E-state index is 3.74. The van der Waals surface area contributed by atoms with E-state index in [2.05, 4.69) is 37.9 Å². The first-order valence-electron chi connectivity index (χ1n) is 7.11. The fraction of sp³-hybridized carbons (Fsp3) is 1.00. The van der Waals surface area contributed by atoms with Crippen molar-refractivity contribution in [1.29, 1.82) is 0 Å². The molecule has 0 spiro atoms. The molecule has 16 heavy (non-hydrogen) atoms. The van der Waals surface area contributed by atoms with Gasteiger partial charge in [0.05, 0.1) is 0 Å². The van der Waals surface area contributed by atoms with Crippen LogP contribution in [-0.4, -0.2) is 37.1 Å². The summed E-state index contributed by atoms with van der Waals surface area (Å²) in [6.45, 7) is 14.2. The molecule has 2 atom stereocenters. The third kappa shape index (κ3) is 4.84. The minimum Gasteiger partial charge on any atom is -0.313 e. The molecule has 1 aliphatic rings. The Morgan fingerprint density at radius 1 is 1.25 bits per heavy atom. The van der Waals surface area contributed by atoms with Gasteiger partial charge in [-0.25, -0.2) is 0 Å². The molecule has 1 fully saturated rings. The third-order valence-electron chi connectivity index (χ3n) is 3.79. The number of nitrogens with zero attached hydrogens (tertiary/aromatic N) is 1. The topological polar surface area (TPSA) is 15.3 Å². The molecule has 1 N–H and O–H groups in total. The lowest BCUT2D eigenvalue weighted by molar-refractivity contribution is 0.144. The number of hydrogen-bond acceptors (Lipinski definition) is 2. The monoisotopic (exact) mass is 226 g/mol. The number of hydrogen-bond donors (Lipinski definition) is 1. The first-order valence-corrected chi connectivity index (χ1v) is 7.11. The van der Waals surface area contributed by atoms with Gasteiger partial charge in [-0.15, -0.1) is 0 Å². The van der Waals surface area contributed by atoms with Crippen molar-refractivity contribution in [3.63, 3.8) is 0 Å². The van der Waals surface area contributed by atoms with Crippen molar-refractivity contribution >= 4 is 0 Å². The van der Waals surface area contributed by atoms with E-state index < -0.39 is 0 Å². The van der Waals surface area contributed by atoms with Gasteiger partial charge in [0.25, 0.3) is 0 Å². The van der Waals surface area contributed by atoms with Gasteiger partial charge in [0.2, 0.25) is 0 Å². The smallest absolute Gasteiger partial charge is 0.0198 e. The van der Waals surface area contributed by atoms with Crippen molar-refractivity contribution in [2.24, 2.45) is 11.8 Å². The molecule has 1 saturated heterocycles. The van der Waals surface area contributed by atoms with Crippen LogP contribution in [0.15, 0.2) is 0 Å². The van der Waals surface area contributed by atoms with E-state index in [-0.39, 0.29) is 0 Å². The molecule has 0 saturated carbocycles. The Hall–Kier alpha value is -0.0800. The molecule has 0 aliphatic carbocycles. The van der Waals surface area contributed by atoms with E-state index in [0.717, 1.165) is 17.9 Å². The van der Waals surface area contributed by atoms with Crippen LogP contribution in [0.25, 0.3) is 0 Å². The van der Waals surface area contributed by atoms with Crippen molar-refractivity contribution in [3.05, 3.63) is 0 Å². The molecule has 1 aliphatic heterocycles. The average molecular weight is 226 g/mol. The number of nitrogens with one attached hydrogen (secondary N) is 1.